The first-order valence-electron chi connectivity index (χ1n) is 5.22. The van der Waals surface area contributed by atoms with E-state index < -0.39 is 17.7 Å². The molecule has 0 atom stereocenters. The maximum atomic E-state index is 12.7. The van der Waals surface area contributed by atoms with Crippen molar-refractivity contribution in [1.29, 1.82) is 5.26 Å². The van der Waals surface area contributed by atoms with Crippen LogP contribution in [0, 0.1) is 11.3 Å². The fourth-order valence-electron chi connectivity index (χ4n) is 1.50. The second kappa shape index (κ2) is 6.06. The predicted molar refractivity (Wildman–Crippen MR) is 64.7 cm³/mol. The molecule has 0 unspecified atom stereocenters. The Balaban J connectivity index is 3.48. The van der Waals surface area contributed by atoms with E-state index in [0.29, 0.717) is 6.07 Å². The lowest BCUT2D eigenvalue weighted by molar-refractivity contribution is -0.137. The van der Waals surface area contributed by atoms with Crippen molar-refractivity contribution in [1.82, 2.24) is 0 Å². The Morgan fingerprint density at radius 2 is 2.11 bits per heavy atom. The van der Waals surface area contributed by atoms with Crippen molar-refractivity contribution in [2.45, 2.75) is 18.4 Å². The third-order valence-corrected chi connectivity index (χ3v) is 2.90. The standard InChI is InChI=1S/C12H9BrF3NO2/c1-2-19-11(18)10-7(5-13)3-9(12(14,15)16)4-8(10)6-17/h3-4H,2,5H2,1H3. The van der Waals surface area contributed by atoms with E-state index in [-0.39, 0.29) is 28.6 Å². The van der Waals surface area contributed by atoms with Crippen LogP contribution in [0.25, 0.3) is 0 Å². The van der Waals surface area contributed by atoms with Crippen molar-refractivity contribution in [3.63, 3.8) is 0 Å². The van der Waals surface area contributed by atoms with E-state index in [0.717, 1.165) is 6.07 Å². The molecule has 0 spiro atoms. The van der Waals surface area contributed by atoms with Crippen LogP contribution in [0.3, 0.4) is 0 Å². The Kier molecular flexibility index (Phi) is 4.95. The van der Waals surface area contributed by atoms with Gasteiger partial charge in [0, 0.05) is 5.33 Å². The van der Waals surface area contributed by atoms with Crippen LogP contribution in [0.5, 0.6) is 0 Å². The molecule has 0 aliphatic carbocycles. The minimum Gasteiger partial charge on any atom is -0.462 e. The van der Waals surface area contributed by atoms with E-state index in [1.165, 1.54) is 0 Å². The molecule has 0 aliphatic heterocycles. The Labute approximate surface area is 116 Å². The van der Waals surface area contributed by atoms with Gasteiger partial charge in [-0.3, -0.25) is 0 Å². The first-order valence-corrected chi connectivity index (χ1v) is 6.34. The van der Waals surface area contributed by atoms with Crippen LogP contribution in [0.1, 0.15) is 34.0 Å². The predicted octanol–water partition coefficient (Wildman–Crippen LogP) is 3.65. The lowest BCUT2D eigenvalue weighted by Gasteiger charge is -2.13. The molecule has 0 aromatic heterocycles. The van der Waals surface area contributed by atoms with Gasteiger partial charge in [-0.1, -0.05) is 15.9 Å². The monoisotopic (exact) mass is 335 g/mol. The van der Waals surface area contributed by atoms with Crippen LogP contribution in [-0.2, 0) is 16.2 Å². The number of hydrogen-bond donors (Lipinski definition) is 0. The average molecular weight is 336 g/mol. The number of carbonyl (C=O) groups is 1. The summed E-state index contributed by atoms with van der Waals surface area (Å²) >= 11 is 3.01. The number of alkyl halides is 4. The summed E-state index contributed by atoms with van der Waals surface area (Å²) in [5.41, 5.74) is -1.37. The third kappa shape index (κ3) is 3.47. The summed E-state index contributed by atoms with van der Waals surface area (Å²) in [4.78, 5) is 11.7. The van der Waals surface area contributed by atoms with E-state index in [1.54, 1.807) is 13.0 Å². The Morgan fingerprint density at radius 3 is 2.53 bits per heavy atom. The van der Waals surface area contributed by atoms with Crippen molar-refractivity contribution < 1.29 is 22.7 Å². The zero-order valence-electron chi connectivity index (χ0n) is 9.84. The molecule has 102 valence electrons. The van der Waals surface area contributed by atoms with E-state index in [2.05, 4.69) is 15.9 Å². The average Bonchev–Trinajstić information content (AvgIpc) is 2.36. The maximum absolute atomic E-state index is 12.7. The van der Waals surface area contributed by atoms with Gasteiger partial charge in [0.2, 0.25) is 0 Å². The Morgan fingerprint density at radius 1 is 1.47 bits per heavy atom. The summed E-state index contributed by atoms with van der Waals surface area (Å²) in [6.07, 6.45) is -4.57. The molecule has 1 aromatic rings. The van der Waals surface area contributed by atoms with Crippen LogP contribution < -0.4 is 0 Å². The van der Waals surface area contributed by atoms with Crippen molar-refractivity contribution in [2.75, 3.05) is 6.61 Å². The molecule has 0 saturated carbocycles. The summed E-state index contributed by atoms with van der Waals surface area (Å²) in [7, 11) is 0. The van der Waals surface area contributed by atoms with Crippen LogP contribution in [0.4, 0.5) is 13.2 Å². The maximum Gasteiger partial charge on any atom is 0.416 e. The molecule has 0 radical (unpaired) electrons. The molecule has 0 heterocycles. The lowest BCUT2D eigenvalue weighted by atomic mass is 9.99. The van der Waals surface area contributed by atoms with Crippen LogP contribution in [0.15, 0.2) is 12.1 Å². The Bertz CT molecular complexity index is 535. The van der Waals surface area contributed by atoms with Gasteiger partial charge in [0.05, 0.1) is 23.3 Å². The molecule has 0 aliphatic rings. The fraction of sp³-hybridized carbons (Fsp3) is 0.333. The molecule has 0 N–H and O–H groups in total. The number of carbonyl (C=O) groups excluding carboxylic acids is 1. The quantitative estimate of drug-likeness (QED) is 0.625. The molecule has 0 amide bonds. The second-order valence-electron chi connectivity index (χ2n) is 3.52. The van der Waals surface area contributed by atoms with Gasteiger partial charge in [-0.25, -0.2) is 4.79 Å². The first-order chi connectivity index (χ1) is 8.85. The van der Waals surface area contributed by atoms with Crippen molar-refractivity contribution >= 4 is 21.9 Å². The molecule has 7 heteroatoms. The van der Waals surface area contributed by atoms with Gasteiger partial charge in [0.15, 0.2) is 0 Å². The largest absolute Gasteiger partial charge is 0.462 e. The normalized spacial score (nSPS) is 10.9. The third-order valence-electron chi connectivity index (χ3n) is 2.29. The Hall–Kier alpha value is -1.55. The van der Waals surface area contributed by atoms with Gasteiger partial charge in [0.25, 0.3) is 0 Å². The van der Waals surface area contributed by atoms with Crippen molar-refractivity contribution in [3.8, 4) is 6.07 Å². The molecule has 1 rings (SSSR count). The van der Waals surface area contributed by atoms with Gasteiger partial charge < -0.3 is 4.74 Å². The number of benzene rings is 1. The van der Waals surface area contributed by atoms with E-state index in [9.17, 15) is 18.0 Å². The van der Waals surface area contributed by atoms with Crippen molar-refractivity contribution in [3.05, 3.63) is 34.4 Å². The number of esters is 1. The van der Waals surface area contributed by atoms with Crippen LogP contribution in [0.2, 0.25) is 0 Å². The molecule has 0 bridgehead atoms. The zero-order valence-corrected chi connectivity index (χ0v) is 11.4. The summed E-state index contributed by atoms with van der Waals surface area (Å²) < 4.78 is 42.7. The topological polar surface area (TPSA) is 50.1 Å². The molecule has 0 saturated heterocycles. The zero-order chi connectivity index (χ0) is 14.6. The number of hydrogen-bond acceptors (Lipinski definition) is 3. The fourth-order valence-corrected chi connectivity index (χ4v) is 1.95. The summed E-state index contributed by atoms with van der Waals surface area (Å²) in [6.45, 7) is 1.65. The highest BCUT2D eigenvalue weighted by Crippen LogP contribution is 2.33. The number of nitrogens with zero attached hydrogens (tertiary/aromatic N) is 1. The number of rotatable bonds is 3. The SMILES string of the molecule is CCOC(=O)c1c(C#N)cc(C(F)(F)F)cc1CBr. The highest BCUT2D eigenvalue weighted by molar-refractivity contribution is 9.08. The molecule has 0 fully saturated rings. The summed E-state index contributed by atoms with van der Waals surface area (Å²) in [5.74, 6) is -0.803. The first kappa shape index (κ1) is 15.5. The molecule has 3 nitrogen and oxygen atoms in total. The van der Waals surface area contributed by atoms with E-state index in [4.69, 9.17) is 10.00 Å². The minimum absolute atomic E-state index is 0.0136. The summed E-state index contributed by atoms with van der Waals surface area (Å²) in [6, 6.07) is 3.09. The van der Waals surface area contributed by atoms with E-state index in [1.807, 2.05) is 0 Å². The number of nitriles is 1. The number of ether oxygens (including phenoxy) is 1. The smallest absolute Gasteiger partial charge is 0.416 e. The second-order valence-corrected chi connectivity index (χ2v) is 4.08. The molecular weight excluding hydrogens is 327 g/mol. The van der Waals surface area contributed by atoms with Gasteiger partial charge in [0.1, 0.15) is 6.07 Å². The van der Waals surface area contributed by atoms with Gasteiger partial charge >= 0.3 is 12.1 Å². The van der Waals surface area contributed by atoms with Gasteiger partial charge in [-0.2, -0.15) is 18.4 Å². The molecular formula is C12H9BrF3NO2. The summed E-state index contributed by atoms with van der Waals surface area (Å²) in [5, 5.41) is 8.92. The van der Waals surface area contributed by atoms with E-state index >= 15 is 0 Å². The molecule has 19 heavy (non-hydrogen) atoms. The lowest BCUT2D eigenvalue weighted by Crippen LogP contribution is -2.13. The van der Waals surface area contributed by atoms with Gasteiger partial charge in [-0.05, 0) is 24.6 Å². The highest BCUT2D eigenvalue weighted by atomic mass is 79.9. The minimum atomic E-state index is -4.57. The van der Waals surface area contributed by atoms with Gasteiger partial charge in [-0.15, -0.1) is 0 Å². The highest BCUT2D eigenvalue weighted by Gasteiger charge is 2.33. The van der Waals surface area contributed by atoms with Crippen molar-refractivity contribution in [2.24, 2.45) is 0 Å². The molecule has 1 aromatic carbocycles. The van der Waals surface area contributed by atoms with Crippen LogP contribution in [-0.4, -0.2) is 12.6 Å². The van der Waals surface area contributed by atoms with Crippen LogP contribution >= 0.6 is 15.9 Å². The number of halogens is 4.